The van der Waals surface area contributed by atoms with Crippen LogP contribution in [-0.2, 0) is 14.3 Å². The lowest BCUT2D eigenvalue weighted by Gasteiger charge is -2.31. The maximum absolute atomic E-state index is 10.9. The molecule has 0 rings (SSSR count). The summed E-state index contributed by atoms with van der Waals surface area (Å²) in [4.78, 5) is 10.9. The van der Waals surface area contributed by atoms with Gasteiger partial charge in [0.15, 0.2) is 6.29 Å². The quantitative estimate of drug-likeness (QED) is 0.221. The Balaban J connectivity index is 4.22. The van der Waals surface area contributed by atoms with Crippen LogP contribution in [0.15, 0.2) is 12.7 Å². The molecule has 0 spiro atoms. The van der Waals surface area contributed by atoms with Gasteiger partial charge in [-0.2, -0.15) is 0 Å². The lowest BCUT2D eigenvalue weighted by atomic mass is 9.90. The van der Waals surface area contributed by atoms with Gasteiger partial charge in [0, 0.05) is 20.6 Å². The molecule has 5 heteroatoms. The molecule has 0 aromatic carbocycles. The third-order valence-corrected chi connectivity index (χ3v) is 4.70. The molecule has 3 atom stereocenters. The third-order valence-electron chi connectivity index (χ3n) is 2.99. The van der Waals surface area contributed by atoms with Gasteiger partial charge in [-0.15, -0.1) is 6.58 Å². The van der Waals surface area contributed by atoms with Crippen molar-refractivity contribution in [3.63, 3.8) is 0 Å². The number of aldehydes is 1. The summed E-state index contributed by atoms with van der Waals surface area (Å²) in [5, 5.41) is 9.98. The van der Waals surface area contributed by atoms with Crippen LogP contribution in [0.25, 0.3) is 0 Å². The van der Waals surface area contributed by atoms with E-state index in [1.165, 1.54) is 6.92 Å². The van der Waals surface area contributed by atoms with Gasteiger partial charge in [-0.3, -0.25) is 0 Å². The van der Waals surface area contributed by atoms with E-state index in [-0.39, 0.29) is 12.7 Å². The van der Waals surface area contributed by atoms with Gasteiger partial charge in [-0.25, -0.2) is 0 Å². The van der Waals surface area contributed by atoms with Gasteiger partial charge in [-0.05, 0) is 13.0 Å². The average Bonchev–Trinajstić information content (AvgIpc) is 2.31. The van der Waals surface area contributed by atoms with Crippen molar-refractivity contribution in [1.82, 2.24) is 0 Å². The van der Waals surface area contributed by atoms with Gasteiger partial charge in [0.05, 0.1) is 0 Å². The van der Waals surface area contributed by atoms with E-state index >= 15 is 0 Å². The third kappa shape index (κ3) is 7.62. The number of hydrogen-bond acceptors (Lipinski definition) is 4. The predicted molar refractivity (Wildman–Crippen MR) is 79.9 cm³/mol. The maximum Gasteiger partial charge on any atom is 0.153 e. The van der Waals surface area contributed by atoms with E-state index in [9.17, 15) is 9.90 Å². The lowest BCUT2D eigenvalue weighted by Crippen LogP contribution is -2.46. The fourth-order valence-corrected chi connectivity index (χ4v) is 2.36. The molecule has 0 aliphatic carbocycles. The summed E-state index contributed by atoms with van der Waals surface area (Å²) < 4.78 is 10.9. The first-order valence-corrected chi connectivity index (χ1v) is 10.4. The Morgan fingerprint density at radius 3 is 2.42 bits per heavy atom. The molecule has 0 aliphatic heterocycles. The number of ether oxygens (including phenoxy) is 2. The molecule has 0 saturated heterocycles. The zero-order chi connectivity index (χ0) is 15.1. The van der Waals surface area contributed by atoms with Crippen LogP contribution in [0.4, 0.5) is 0 Å². The van der Waals surface area contributed by atoms with E-state index in [4.69, 9.17) is 9.47 Å². The molecule has 0 aromatic heterocycles. The van der Waals surface area contributed by atoms with Crippen molar-refractivity contribution in [3.8, 4) is 0 Å². The minimum Gasteiger partial charge on any atom is -0.380 e. The molecule has 112 valence electrons. The minimum atomic E-state index is -1.53. The molecule has 0 bridgehead atoms. The van der Waals surface area contributed by atoms with Crippen molar-refractivity contribution in [2.75, 3.05) is 13.4 Å². The fourth-order valence-electron chi connectivity index (χ4n) is 1.60. The monoisotopic (exact) mass is 288 g/mol. The first-order valence-electron chi connectivity index (χ1n) is 6.64. The van der Waals surface area contributed by atoms with Crippen molar-refractivity contribution >= 4 is 14.4 Å². The highest BCUT2D eigenvalue weighted by atomic mass is 28.3. The molecule has 0 aromatic rings. The maximum atomic E-state index is 10.9. The first-order chi connectivity index (χ1) is 8.64. The topological polar surface area (TPSA) is 55.8 Å². The highest BCUT2D eigenvalue weighted by molar-refractivity contribution is 6.76. The summed E-state index contributed by atoms with van der Waals surface area (Å²) in [5.74, 6) is -0.138. The van der Waals surface area contributed by atoms with Crippen LogP contribution < -0.4 is 0 Å². The van der Waals surface area contributed by atoms with Gasteiger partial charge in [0.25, 0.3) is 0 Å². The first kappa shape index (κ1) is 18.5. The van der Waals surface area contributed by atoms with E-state index in [0.717, 1.165) is 6.04 Å². The summed E-state index contributed by atoms with van der Waals surface area (Å²) >= 11 is 0. The minimum absolute atomic E-state index is 0.0807. The molecule has 0 aliphatic rings. The fraction of sp³-hybridized carbons (Fsp3) is 0.786. The molecule has 0 unspecified atom stereocenters. The lowest BCUT2D eigenvalue weighted by molar-refractivity contribution is -0.169. The summed E-state index contributed by atoms with van der Waals surface area (Å²) in [7, 11) is -1.11. The number of aliphatic hydroxyl groups is 1. The number of rotatable bonds is 10. The zero-order valence-electron chi connectivity index (χ0n) is 12.8. The molecule has 1 N–H and O–H groups in total. The Bertz CT molecular complexity index is 284. The van der Waals surface area contributed by atoms with Gasteiger partial charge < -0.3 is 19.4 Å². The number of hydrogen-bond donors (Lipinski definition) is 1. The second-order valence-corrected chi connectivity index (χ2v) is 12.0. The summed E-state index contributed by atoms with van der Waals surface area (Å²) in [6.45, 7) is 14.5. The van der Waals surface area contributed by atoms with E-state index in [0.29, 0.717) is 12.9 Å². The van der Waals surface area contributed by atoms with Gasteiger partial charge in [0.2, 0.25) is 0 Å². The molecular weight excluding hydrogens is 260 g/mol. The van der Waals surface area contributed by atoms with Crippen molar-refractivity contribution in [2.24, 2.45) is 5.92 Å². The summed E-state index contributed by atoms with van der Waals surface area (Å²) in [6.07, 6.45) is 1.51. The van der Waals surface area contributed by atoms with Crippen LogP contribution >= 0.6 is 0 Å². The predicted octanol–water partition coefficient (Wildman–Crippen LogP) is 2.46. The molecular formula is C14H28O4Si. The van der Waals surface area contributed by atoms with Crippen LogP contribution in [0.5, 0.6) is 0 Å². The van der Waals surface area contributed by atoms with E-state index in [1.54, 1.807) is 6.08 Å². The van der Waals surface area contributed by atoms with Crippen LogP contribution in [0.3, 0.4) is 0 Å². The summed E-state index contributed by atoms with van der Waals surface area (Å²) in [5.41, 5.74) is -1.53. The second kappa shape index (κ2) is 7.94. The second-order valence-electron chi connectivity index (χ2n) is 6.36. The molecule has 0 amide bonds. The Labute approximate surface area is 117 Å². The van der Waals surface area contributed by atoms with Crippen molar-refractivity contribution in [2.45, 2.75) is 51.2 Å². The largest absolute Gasteiger partial charge is 0.380 e. The molecule has 0 saturated carbocycles. The standard InChI is InChI=1S/C14H28O4Si/c1-7-12(2)13(14(3,16)10-15)18-11-17-8-9-19(4,5)6/h7,10,12-13,16H,1,8-9,11H2,2-6H3/t12-,13-,14+/m0/s1. The number of carbonyl (C=O) groups excluding carboxylic acids is 1. The normalized spacial score (nSPS) is 18.4. The van der Waals surface area contributed by atoms with Crippen LogP contribution in [-0.4, -0.2) is 44.6 Å². The molecule has 4 nitrogen and oxygen atoms in total. The van der Waals surface area contributed by atoms with Gasteiger partial charge >= 0.3 is 0 Å². The molecule has 0 radical (unpaired) electrons. The van der Waals surface area contributed by atoms with Crippen LogP contribution in [0, 0.1) is 5.92 Å². The van der Waals surface area contributed by atoms with Crippen molar-refractivity contribution in [1.29, 1.82) is 0 Å². The van der Waals surface area contributed by atoms with E-state index in [2.05, 4.69) is 26.2 Å². The number of carbonyl (C=O) groups is 1. The smallest absolute Gasteiger partial charge is 0.153 e. The van der Waals surface area contributed by atoms with E-state index in [1.807, 2.05) is 6.92 Å². The van der Waals surface area contributed by atoms with Crippen molar-refractivity contribution in [3.05, 3.63) is 12.7 Å². The van der Waals surface area contributed by atoms with Crippen LogP contribution in [0.2, 0.25) is 25.7 Å². The Hall–Kier alpha value is -0.493. The Morgan fingerprint density at radius 1 is 1.42 bits per heavy atom. The van der Waals surface area contributed by atoms with E-state index < -0.39 is 19.8 Å². The highest BCUT2D eigenvalue weighted by Gasteiger charge is 2.35. The molecule has 0 fully saturated rings. The summed E-state index contributed by atoms with van der Waals surface area (Å²) in [6, 6.07) is 1.06. The van der Waals surface area contributed by atoms with Crippen LogP contribution in [0.1, 0.15) is 13.8 Å². The van der Waals surface area contributed by atoms with Gasteiger partial charge in [-0.1, -0.05) is 32.6 Å². The molecule has 19 heavy (non-hydrogen) atoms. The van der Waals surface area contributed by atoms with Gasteiger partial charge in [0.1, 0.15) is 18.5 Å². The average molecular weight is 288 g/mol. The highest BCUT2D eigenvalue weighted by Crippen LogP contribution is 2.20. The SMILES string of the molecule is C=C[C@H](C)[C@H](OCOCC[Si](C)(C)C)[C@](C)(O)C=O. The Morgan fingerprint density at radius 2 is 2.00 bits per heavy atom. The Kier molecular flexibility index (Phi) is 7.74. The van der Waals surface area contributed by atoms with Crippen molar-refractivity contribution < 1.29 is 19.4 Å². The molecule has 0 heterocycles. The zero-order valence-corrected chi connectivity index (χ0v) is 13.8.